The topological polar surface area (TPSA) is 58.9 Å². The summed E-state index contributed by atoms with van der Waals surface area (Å²) in [7, 11) is 3.97. The molecule has 1 aliphatic carbocycles. The Bertz CT molecular complexity index is 614. The minimum Gasteiger partial charge on any atom is -0.366 e. The lowest BCUT2D eigenvalue weighted by atomic mass is 10.1. The Kier molecular flexibility index (Phi) is 3.53. The van der Waals surface area contributed by atoms with Gasteiger partial charge in [0.15, 0.2) is 11.6 Å². The first-order valence-electron chi connectivity index (χ1n) is 7.30. The van der Waals surface area contributed by atoms with Crippen molar-refractivity contribution in [2.24, 2.45) is 5.41 Å². The molecule has 21 heavy (non-hydrogen) atoms. The second kappa shape index (κ2) is 5.35. The highest BCUT2D eigenvalue weighted by Crippen LogP contribution is 2.47. The van der Waals surface area contributed by atoms with Gasteiger partial charge in [-0.1, -0.05) is 0 Å². The number of aromatic nitrogens is 4. The van der Waals surface area contributed by atoms with Crippen LogP contribution < -0.4 is 10.2 Å². The smallest absolute Gasteiger partial charge is 0.171 e. The van der Waals surface area contributed by atoms with Crippen molar-refractivity contribution in [2.45, 2.75) is 26.3 Å². The highest BCUT2D eigenvalue weighted by atomic mass is 15.2. The maximum absolute atomic E-state index is 4.41. The average Bonchev–Trinajstić information content (AvgIpc) is 3.13. The fourth-order valence-corrected chi connectivity index (χ4v) is 2.55. The van der Waals surface area contributed by atoms with Crippen LogP contribution in [-0.4, -0.2) is 40.2 Å². The van der Waals surface area contributed by atoms with Crippen LogP contribution in [0.1, 0.15) is 18.7 Å². The van der Waals surface area contributed by atoms with E-state index >= 15 is 0 Å². The molecule has 1 aliphatic rings. The van der Waals surface area contributed by atoms with Gasteiger partial charge in [-0.2, -0.15) is 0 Å². The zero-order chi connectivity index (χ0) is 14.9. The molecule has 6 nitrogen and oxygen atoms in total. The fraction of sp³-hybridized carbons (Fsp3) is 0.533. The van der Waals surface area contributed by atoms with Gasteiger partial charge >= 0.3 is 0 Å². The van der Waals surface area contributed by atoms with Crippen molar-refractivity contribution in [3.63, 3.8) is 0 Å². The quantitative estimate of drug-likeness (QED) is 0.879. The third kappa shape index (κ3) is 2.99. The second-order valence-corrected chi connectivity index (χ2v) is 6.08. The monoisotopic (exact) mass is 286 g/mol. The molecule has 0 atom stereocenters. The predicted octanol–water partition coefficient (Wildman–Crippen LogP) is 1.94. The Balaban J connectivity index is 1.66. The maximum Gasteiger partial charge on any atom is 0.171 e. The standard InChI is InChI=1S/C15H22N6/c1-12-16-8-9-21(12)11-15(4-5-15)10-19-13-14(20(2)3)18-7-6-17-13/h6-9H,4-5,10-11H2,1-3H3,(H,17,19). The summed E-state index contributed by atoms with van der Waals surface area (Å²) in [6, 6.07) is 0. The molecule has 1 fully saturated rings. The lowest BCUT2D eigenvalue weighted by Gasteiger charge is -2.20. The molecule has 0 bridgehead atoms. The summed E-state index contributed by atoms with van der Waals surface area (Å²) in [6.45, 7) is 3.99. The van der Waals surface area contributed by atoms with Crippen LogP contribution in [-0.2, 0) is 6.54 Å². The van der Waals surface area contributed by atoms with E-state index in [4.69, 9.17) is 0 Å². The molecule has 0 aromatic carbocycles. The molecule has 0 unspecified atom stereocenters. The largest absolute Gasteiger partial charge is 0.366 e. The summed E-state index contributed by atoms with van der Waals surface area (Å²) in [4.78, 5) is 15.1. The molecule has 3 rings (SSSR count). The van der Waals surface area contributed by atoms with Gasteiger partial charge in [0, 0.05) is 57.4 Å². The molecule has 112 valence electrons. The number of nitrogens with one attached hydrogen (secondary N) is 1. The molecule has 0 saturated heterocycles. The molecule has 2 aromatic heterocycles. The fourth-order valence-electron chi connectivity index (χ4n) is 2.55. The van der Waals surface area contributed by atoms with Gasteiger partial charge in [-0.05, 0) is 19.8 Å². The van der Waals surface area contributed by atoms with Crippen molar-refractivity contribution in [2.75, 3.05) is 30.9 Å². The van der Waals surface area contributed by atoms with Gasteiger partial charge < -0.3 is 14.8 Å². The Morgan fingerprint density at radius 2 is 1.95 bits per heavy atom. The van der Waals surface area contributed by atoms with E-state index in [9.17, 15) is 0 Å². The minimum atomic E-state index is 0.326. The number of hydrogen-bond donors (Lipinski definition) is 1. The van der Waals surface area contributed by atoms with E-state index in [1.54, 1.807) is 12.4 Å². The first-order chi connectivity index (χ1) is 10.1. The minimum absolute atomic E-state index is 0.326. The van der Waals surface area contributed by atoms with E-state index < -0.39 is 0 Å². The van der Waals surface area contributed by atoms with Crippen molar-refractivity contribution in [1.29, 1.82) is 0 Å². The van der Waals surface area contributed by atoms with E-state index in [1.807, 2.05) is 25.2 Å². The van der Waals surface area contributed by atoms with Crippen molar-refractivity contribution >= 4 is 11.6 Å². The SMILES string of the molecule is Cc1nccn1CC1(CNc2nccnc2N(C)C)CC1. The van der Waals surface area contributed by atoms with Crippen molar-refractivity contribution in [1.82, 2.24) is 19.5 Å². The summed E-state index contributed by atoms with van der Waals surface area (Å²) in [5.74, 6) is 2.82. The summed E-state index contributed by atoms with van der Waals surface area (Å²) in [5.41, 5.74) is 0.326. The first kappa shape index (κ1) is 13.9. The molecule has 2 heterocycles. The van der Waals surface area contributed by atoms with Crippen LogP contribution in [0.5, 0.6) is 0 Å². The predicted molar refractivity (Wildman–Crippen MR) is 83.5 cm³/mol. The molecular weight excluding hydrogens is 264 g/mol. The van der Waals surface area contributed by atoms with Gasteiger partial charge in [-0.25, -0.2) is 15.0 Å². The van der Waals surface area contributed by atoms with Crippen molar-refractivity contribution in [3.05, 3.63) is 30.6 Å². The summed E-state index contributed by atoms with van der Waals surface area (Å²) in [5, 5.41) is 3.48. The molecule has 1 N–H and O–H groups in total. The number of nitrogens with zero attached hydrogens (tertiary/aromatic N) is 5. The third-order valence-electron chi connectivity index (χ3n) is 4.12. The van der Waals surface area contributed by atoms with E-state index in [1.165, 1.54) is 12.8 Å². The average molecular weight is 286 g/mol. The zero-order valence-corrected chi connectivity index (χ0v) is 12.9. The van der Waals surface area contributed by atoms with Gasteiger partial charge in [0.05, 0.1) is 0 Å². The Hall–Kier alpha value is -2.11. The van der Waals surface area contributed by atoms with Gasteiger partial charge in [-0.3, -0.25) is 0 Å². The molecule has 1 saturated carbocycles. The third-order valence-corrected chi connectivity index (χ3v) is 4.12. The van der Waals surface area contributed by atoms with Gasteiger partial charge in [0.25, 0.3) is 0 Å². The van der Waals surface area contributed by atoms with Gasteiger partial charge in [0.2, 0.25) is 0 Å². The molecule has 6 heteroatoms. The number of rotatable bonds is 6. The number of imidazole rings is 1. The highest BCUT2D eigenvalue weighted by molar-refractivity contribution is 5.59. The number of hydrogen-bond acceptors (Lipinski definition) is 5. The molecule has 0 spiro atoms. The molecule has 0 amide bonds. The lowest BCUT2D eigenvalue weighted by Crippen LogP contribution is -2.23. The van der Waals surface area contributed by atoms with Gasteiger partial charge in [-0.15, -0.1) is 0 Å². The maximum atomic E-state index is 4.41. The van der Waals surface area contributed by atoms with Crippen LogP contribution >= 0.6 is 0 Å². The van der Waals surface area contributed by atoms with E-state index in [2.05, 4.69) is 38.0 Å². The first-order valence-corrected chi connectivity index (χ1v) is 7.30. The van der Waals surface area contributed by atoms with Crippen LogP contribution in [0.3, 0.4) is 0 Å². The van der Waals surface area contributed by atoms with Gasteiger partial charge in [0.1, 0.15) is 5.82 Å². The molecule has 0 aliphatic heterocycles. The van der Waals surface area contributed by atoms with Crippen molar-refractivity contribution in [3.8, 4) is 0 Å². The van der Waals surface area contributed by atoms with E-state index in [0.717, 1.165) is 30.5 Å². The van der Waals surface area contributed by atoms with Crippen LogP contribution in [0.25, 0.3) is 0 Å². The zero-order valence-electron chi connectivity index (χ0n) is 12.9. The van der Waals surface area contributed by atoms with Crippen LogP contribution in [0, 0.1) is 12.3 Å². The van der Waals surface area contributed by atoms with Crippen molar-refractivity contribution < 1.29 is 0 Å². The number of anilines is 2. The second-order valence-electron chi connectivity index (χ2n) is 6.08. The van der Waals surface area contributed by atoms with E-state index in [-0.39, 0.29) is 0 Å². The summed E-state index contributed by atoms with van der Waals surface area (Å²) >= 11 is 0. The Morgan fingerprint density at radius 3 is 2.57 bits per heavy atom. The van der Waals surface area contributed by atoms with E-state index in [0.29, 0.717) is 5.41 Å². The molecule has 2 aromatic rings. The Morgan fingerprint density at radius 1 is 1.19 bits per heavy atom. The normalized spacial score (nSPS) is 15.8. The highest BCUT2D eigenvalue weighted by Gasteiger charge is 2.43. The molecular formula is C15H22N6. The number of aryl methyl sites for hydroxylation is 1. The molecule has 0 radical (unpaired) electrons. The lowest BCUT2D eigenvalue weighted by molar-refractivity contribution is 0.438. The summed E-state index contributed by atoms with van der Waals surface area (Å²) < 4.78 is 2.23. The Labute approximate surface area is 125 Å². The van der Waals surface area contributed by atoms with Crippen LogP contribution in [0.2, 0.25) is 0 Å². The van der Waals surface area contributed by atoms with Crippen LogP contribution in [0.15, 0.2) is 24.8 Å². The summed E-state index contributed by atoms with van der Waals surface area (Å²) in [6.07, 6.45) is 9.87. The van der Waals surface area contributed by atoms with Crippen LogP contribution in [0.4, 0.5) is 11.6 Å².